The summed E-state index contributed by atoms with van der Waals surface area (Å²) in [7, 11) is 0. The molecule has 0 aliphatic carbocycles. The monoisotopic (exact) mass is 260 g/mol. The predicted molar refractivity (Wildman–Crippen MR) is 8.60 cm³/mol. The fraction of sp³-hybridized carbons (Fsp3) is 0. The molecule has 0 atom stereocenters. The van der Waals surface area contributed by atoms with Crippen LogP contribution < -0.4 is 0 Å². The Kier molecular flexibility index (Phi) is 3000. The molecule has 0 aromatic heterocycles. The first kappa shape index (κ1) is 177. The number of hydrogen-bond acceptors (Lipinski definition) is 0. The van der Waals surface area contributed by atoms with E-state index in [9.17, 15) is 0 Å². The summed E-state index contributed by atoms with van der Waals surface area (Å²) >= 11 is 0. The van der Waals surface area contributed by atoms with Crippen LogP contribution in [0.2, 0.25) is 0 Å². The first-order valence-electron chi connectivity index (χ1n) is 0. The Balaban J connectivity index is 0. The molecule has 7 heavy (non-hydrogen) atoms. The van der Waals surface area contributed by atoms with Crippen LogP contribution >= 0.6 is 0 Å². The standard InChI is InChI=1S/2H2O.2O.3Zn/h2*1H2;;;;;/q;;2*-2;3*+2. The van der Waals surface area contributed by atoms with Gasteiger partial charge in [0, 0.05) is 0 Å². The van der Waals surface area contributed by atoms with E-state index in [2.05, 4.69) is 0 Å². The summed E-state index contributed by atoms with van der Waals surface area (Å²) in [5, 5.41) is 0. The molecule has 0 heterocycles. The van der Waals surface area contributed by atoms with Crippen molar-refractivity contribution in [1.29, 1.82) is 0 Å². The molecule has 0 bridgehead atoms. The van der Waals surface area contributed by atoms with Gasteiger partial charge in [-0.3, -0.25) is 0 Å². The SMILES string of the molecule is O.O.[O-2].[O-2].[Zn+2].[Zn+2].[Zn+2]. The Labute approximate surface area is 79.9 Å². The van der Waals surface area contributed by atoms with Crippen molar-refractivity contribution in [2.45, 2.75) is 0 Å². The van der Waals surface area contributed by atoms with Crippen LogP contribution in [0.5, 0.6) is 0 Å². The molecule has 0 amide bonds. The van der Waals surface area contributed by atoms with Gasteiger partial charge in [-0.1, -0.05) is 0 Å². The van der Waals surface area contributed by atoms with E-state index in [1.807, 2.05) is 0 Å². The van der Waals surface area contributed by atoms with Crippen LogP contribution in [0, 0.1) is 0 Å². The summed E-state index contributed by atoms with van der Waals surface area (Å²) < 4.78 is 0. The molecular weight excluding hydrogens is 260 g/mol. The summed E-state index contributed by atoms with van der Waals surface area (Å²) in [6, 6.07) is 0. The van der Waals surface area contributed by atoms with Crippen molar-refractivity contribution in [3.63, 3.8) is 0 Å². The predicted octanol–water partition coefficient (Wildman–Crippen LogP) is -1.89. The quantitative estimate of drug-likeness (QED) is 0.454. The maximum Gasteiger partial charge on any atom is 2.00 e. The Hall–Kier alpha value is 1.71. The Morgan fingerprint density at radius 2 is 0.429 bits per heavy atom. The molecule has 0 aliphatic heterocycles. The van der Waals surface area contributed by atoms with Crippen molar-refractivity contribution in [2.24, 2.45) is 0 Å². The Morgan fingerprint density at radius 1 is 0.429 bits per heavy atom. The van der Waals surface area contributed by atoms with Gasteiger partial charge in [0.2, 0.25) is 0 Å². The minimum absolute atomic E-state index is 0. The average Bonchev–Trinajstić information content (AvgIpc) is 0. The molecule has 4 nitrogen and oxygen atoms in total. The van der Waals surface area contributed by atoms with E-state index in [1.54, 1.807) is 0 Å². The number of hydrogen-bond donors (Lipinski definition) is 0. The van der Waals surface area contributed by atoms with Crippen LogP contribution in [0.4, 0.5) is 0 Å². The molecule has 0 radical (unpaired) electrons. The fourth-order valence-electron chi connectivity index (χ4n) is 0. The maximum absolute atomic E-state index is 0. The van der Waals surface area contributed by atoms with E-state index in [0.717, 1.165) is 0 Å². The molecule has 0 unspecified atom stereocenters. The van der Waals surface area contributed by atoms with Gasteiger partial charge in [0.05, 0.1) is 0 Å². The summed E-state index contributed by atoms with van der Waals surface area (Å²) in [4.78, 5) is 0. The van der Waals surface area contributed by atoms with Crippen LogP contribution in [0.1, 0.15) is 0 Å². The summed E-state index contributed by atoms with van der Waals surface area (Å²) in [6.07, 6.45) is 0. The van der Waals surface area contributed by atoms with E-state index in [1.165, 1.54) is 0 Å². The molecule has 0 aliphatic rings. The largest absolute Gasteiger partial charge is 2.00 e. The van der Waals surface area contributed by atoms with E-state index < -0.39 is 0 Å². The van der Waals surface area contributed by atoms with Crippen LogP contribution in [-0.4, -0.2) is 11.0 Å². The molecule has 4 N–H and O–H groups in total. The Morgan fingerprint density at radius 3 is 0.429 bits per heavy atom. The molecule has 0 aromatic carbocycles. The third kappa shape index (κ3) is 86.0. The van der Waals surface area contributed by atoms with Crippen LogP contribution in [0.3, 0.4) is 0 Å². The molecule has 7 heteroatoms. The Bertz CT molecular complexity index is 6.90. The van der Waals surface area contributed by atoms with E-state index in [4.69, 9.17) is 0 Å². The zero-order valence-corrected chi connectivity index (χ0v) is 12.8. The summed E-state index contributed by atoms with van der Waals surface area (Å²) in [5.74, 6) is 0. The van der Waals surface area contributed by atoms with E-state index >= 15 is 0 Å². The molecule has 32 valence electrons. The van der Waals surface area contributed by atoms with Gasteiger partial charge >= 0.3 is 58.4 Å². The van der Waals surface area contributed by atoms with Gasteiger partial charge in [0.15, 0.2) is 0 Å². The number of rotatable bonds is 0. The first-order chi connectivity index (χ1) is 0. The summed E-state index contributed by atoms with van der Waals surface area (Å²) in [5.41, 5.74) is 0. The molecule has 0 aromatic rings. The molecule has 0 spiro atoms. The molecule has 0 fully saturated rings. The molecule has 0 saturated heterocycles. The van der Waals surface area contributed by atoms with Gasteiger partial charge in [-0.15, -0.1) is 0 Å². The minimum Gasteiger partial charge on any atom is -2.00 e. The zero-order valence-electron chi connectivity index (χ0n) is 3.94. The smallest absolute Gasteiger partial charge is 2.00 e. The van der Waals surface area contributed by atoms with Gasteiger partial charge < -0.3 is 21.9 Å². The third-order valence-electron chi connectivity index (χ3n) is 0. The summed E-state index contributed by atoms with van der Waals surface area (Å²) in [6.45, 7) is 0. The topological polar surface area (TPSA) is 120 Å². The van der Waals surface area contributed by atoms with Crippen molar-refractivity contribution < 1.29 is 80.3 Å². The van der Waals surface area contributed by atoms with E-state index in [-0.39, 0.29) is 80.3 Å². The second-order valence-corrected chi connectivity index (χ2v) is 0. The van der Waals surface area contributed by atoms with Gasteiger partial charge in [0.1, 0.15) is 0 Å². The van der Waals surface area contributed by atoms with Gasteiger partial charge in [-0.05, 0) is 0 Å². The van der Waals surface area contributed by atoms with Crippen molar-refractivity contribution >= 4 is 0 Å². The zero-order chi connectivity index (χ0) is 0. The third-order valence-corrected chi connectivity index (χ3v) is 0. The molecule has 0 rings (SSSR count). The minimum atomic E-state index is 0. The maximum atomic E-state index is 0. The average molecular weight is 264 g/mol. The van der Waals surface area contributed by atoms with Crippen LogP contribution in [0.25, 0.3) is 0 Å². The van der Waals surface area contributed by atoms with Crippen LogP contribution in [-0.2, 0) is 69.4 Å². The van der Waals surface area contributed by atoms with E-state index in [0.29, 0.717) is 0 Å². The molecule has 0 saturated carbocycles. The van der Waals surface area contributed by atoms with Crippen molar-refractivity contribution in [1.82, 2.24) is 0 Å². The fourth-order valence-corrected chi connectivity index (χ4v) is 0. The van der Waals surface area contributed by atoms with Crippen molar-refractivity contribution in [2.75, 3.05) is 0 Å². The van der Waals surface area contributed by atoms with Gasteiger partial charge in [0.25, 0.3) is 0 Å². The second kappa shape index (κ2) is 119. The van der Waals surface area contributed by atoms with Gasteiger partial charge in [-0.25, -0.2) is 0 Å². The van der Waals surface area contributed by atoms with Gasteiger partial charge in [-0.2, -0.15) is 0 Å². The van der Waals surface area contributed by atoms with Crippen LogP contribution in [0.15, 0.2) is 0 Å². The molecular formula is H4O4Zn3+2. The normalized spacial score (nSPS) is 0. The van der Waals surface area contributed by atoms with Crippen molar-refractivity contribution in [3.05, 3.63) is 0 Å². The van der Waals surface area contributed by atoms with Crippen molar-refractivity contribution in [3.8, 4) is 0 Å². The second-order valence-electron chi connectivity index (χ2n) is 0. The first-order valence-corrected chi connectivity index (χ1v) is 0.